The normalized spacial score (nSPS) is 20.2. The molecule has 1 aliphatic carbocycles. The molecule has 30 heavy (non-hydrogen) atoms. The zero-order valence-corrected chi connectivity index (χ0v) is 18.1. The van der Waals surface area contributed by atoms with E-state index in [2.05, 4.69) is 16.5 Å². The first-order chi connectivity index (χ1) is 14.5. The van der Waals surface area contributed by atoms with E-state index in [0.29, 0.717) is 11.7 Å². The molecule has 7 heteroatoms. The molecule has 0 N–H and O–H groups in total. The number of pyridine rings is 1. The van der Waals surface area contributed by atoms with Crippen LogP contribution in [0.15, 0.2) is 53.7 Å². The summed E-state index contributed by atoms with van der Waals surface area (Å²) in [6, 6.07) is 10.8. The van der Waals surface area contributed by atoms with Gasteiger partial charge in [-0.3, -0.25) is 0 Å². The predicted molar refractivity (Wildman–Crippen MR) is 118 cm³/mol. The average Bonchev–Trinajstić information content (AvgIpc) is 3.35. The number of hydrogen-bond donors (Lipinski definition) is 0. The van der Waals surface area contributed by atoms with Gasteiger partial charge in [-0.2, -0.15) is 0 Å². The van der Waals surface area contributed by atoms with Crippen LogP contribution >= 0.6 is 0 Å². The Morgan fingerprint density at radius 1 is 1.07 bits per heavy atom. The summed E-state index contributed by atoms with van der Waals surface area (Å²) in [5, 5.41) is 0.838. The van der Waals surface area contributed by atoms with E-state index in [1.54, 1.807) is 36.7 Å². The average molecular weight is 423 g/mol. The Balaban J connectivity index is 1.67. The second kappa shape index (κ2) is 7.23. The van der Waals surface area contributed by atoms with Crippen LogP contribution in [0.3, 0.4) is 0 Å². The van der Waals surface area contributed by atoms with Crippen molar-refractivity contribution in [2.75, 3.05) is 0 Å². The fourth-order valence-electron chi connectivity index (χ4n) is 4.92. The van der Waals surface area contributed by atoms with E-state index in [0.717, 1.165) is 41.0 Å². The van der Waals surface area contributed by atoms with Gasteiger partial charge in [0.15, 0.2) is 5.65 Å². The molecule has 0 radical (unpaired) electrons. The third kappa shape index (κ3) is 2.95. The first-order valence-corrected chi connectivity index (χ1v) is 12.1. The largest absolute Gasteiger partial charge is 0.324 e. The van der Waals surface area contributed by atoms with Gasteiger partial charge in [0.1, 0.15) is 11.3 Å². The summed E-state index contributed by atoms with van der Waals surface area (Å²) in [4.78, 5) is 9.50. The molecule has 0 aliphatic heterocycles. The summed E-state index contributed by atoms with van der Waals surface area (Å²) >= 11 is 0. The lowest BCUT2D eigenvalue weighted by atomic mass is 9.84. The maximum absolute atomic E-state index is 13.2. The molecule has 0 unspecified atom stereocenters. The molecule has 5 rings (SSSR count). The topological polar surface area (TPSA) is 69.8 Å². The van der Waals surface area contributed by atoms with Crippen molar-refractivity contribution in [2.45, 2.75) is 56.9 Å². The van der Waals surface area contributed by atoms with Gasteiger partial charge in [-0.15, -0.1) is 0 Å². The Morgan fingerprint density at radius 3 is 2.50 bits per heavy atom. The molecule has 0 saturated heterocycles. The number of rotatable bonds is 4. The molecule has 0 spiro atoms. The van der Waals surface area contributed by atoms with Gasteiger partial charge in [0.25, 0.3) is 10.0 Å². The number of benzene rings is 1. The van der Waals surface area contributed by atoms with Crippen molar-refractivity contribution in [1.82, 2.24) is 18.5 Å². The Labute approximate surface area is 176 Å². The van der Waals surface area contributed by atoms with Crippen LogP contribution < -0.4 is 0 Å². The van der Waals surface area contributed by atoms with E-state index in [1.165, 1.54) is 23.2 Å². The van der Waals surface area contributed by atoms with E-state index in [1.807, 2.05) is 19.1 Å². The summed E-state index contributed by atoms with van der Waals surface area (Å²) < 4.78 is 30.0. The van der Waals surface area contributed by atoms with Crippen LogP contribution in [0.1, 0.15) is 50.9 Å². The molecule has 3 aromatic heterocycles. The van der Waals surface area contributed by atoms with Gasteiger partial charge in [-0.1, -0.05) is 31.5 Å². The maximum Gasteiger partial charge on any atom is 0.269 e. The molecule has 1 saturated carbocycles. The molecule has 3 heterocycles. The van der Waals surface area contributed by atoms with Crippen LogP contribution in [0.4, 0.5) is 0 Å². The highest BCUT2D eigenvalue weighted by Gasteiger charge is 2.27. The number of aryl methyl sites for hydroxylation is 1. The first kappa shape index (κ1) is 19.3. The number of fused-ring (bicyclic) bond motifs is 3. The summed E-state index contributed by atoms with van der Waals surface area (Å²) in [6.45, 7) is 4.31. The quantitative estimate of drug-likeness (QED) is 0.460. The van der Waals surface area contributed by atoms with Crippen LogP contribution in [-0.4, -0.2) is 26.9 Å². The van der Waals surface area contributed by atoms with Crippen LogP contribution in [0.25, 0.3) is 22.1 Å². The minimum Gasteiger partial charge on any atom is -0.324 e. The molecule has 0 atom stereocenters. The molecule has 0 amide bonds. The second-order valence-electron chi connectivity index (χ2n) is 8.27. The molecule has 4 aromatic rings. The van der Waals surface area contributed by atoms with Crippen molar-refractivity contribution in [3.05, 3.63) is 54.6 Å². The number of hydrogen-bond acceptors (Lipinski definition) is 4. The van der Waals surface area contributed by atoms with E-state index in [9.17, 15) is 8.42 Å². The summed E-state index contributed by atoms with van der Waals surface area (Å²) in [7, 11) is -3.71. The highest BCUT2D eigenvalue weighted by molar-refractivity contribution is 7.90. The first-order valence-electron chi connectivity index (χ1n) is 10.7. The Hall–Kier alpha value is -2.67. The Kier molecular flexibility index (Phi) is 4.65. The van der Waals surface area contributed by atoms with Gasteiger partial charge in [0.2, 0.25) is 0 Å². The summed E-state index contributed by atoms with van der Waals surface area (Å²) in [5.41, 5.74) is 2.28. The zero-order chi connectivity index (χ0) is 20.9. The zero-order valence-electron chi connectivity index (χ0n) is 17.3. The van der Waals surface area contributed by atoms with Crippen molar-refractivity contribution < 1.29 is 8.42 Å². The standard InChI is InChI=1S/C23H26N4O2S/c1-3-17-9-11-18(12-10-17)27-16(2)25-21-15-24-23-20(22(21)27)13-14-26(23)30(28,29)19-7-5-4-6-8-19/h4-8,13-15,17-18H,3,9-12H2,1-2H3. The lowest BCUT2D eigenvalue weighted by Gasteiger charge is -2.30. The monoisotopic (exact) mass is 422 g/mol. The maximum atomic E-state index is 13.2. The molecular formula is C23H26N4O2S. The number of nitrogens with zero attached hydrogens (tertiary/aromatic N) is 4. The third-order valence-corrected chi connectivity index (χ3v) is 8.24. The minimum atomic E-state index is -3.71. The van der Waals surface area contributed by atoms with Crippen molar-refractivity contribution in [1.29, 1.82) is 0 Å². The predicted octanol–water partition coefficient (Wildman–Crippen LogP) is 5.07. The molecule has 1 fully saturated rings. The van der Waals surface area contributed by atoms with Crippen LogP contribution in [0.5, 0.6) is 0 Å². The van der Waals surface area contributed by atoms with Gasteiger partial charge in [0.05, 0.1) is 16.6 Å². The lowest BCUT2D eigenvalue weighted by Crippen LogP contribution is -2.19. The van der Waals surface area contributed by atoms with E-state index in [4.69, 9.17) is 4.98 Å². The molecule has 1 aliphatic rings. The molecule has 6 nitrogen and oxygen atoms in total. The third-order valence-electron chi connectivity index (χ3n) is 6.56. The lowest BCUT2D eigenvalue weighted by molar-refractivity contribution is 0.271. The molecule has 0 bridgehead atoms. The number of imidazole rings is 1. The summed E-state index contributed by atoms with van der Waals surface area (Å²) in [5.74, 6) is 1.79. The van der Waals surface area contributed by atoms with Crippen LogP contribution in [0, 0.1) is 12.8 Å². The van der Waals surface area contributed by atoms with Gasteiger partial charge in [0, 0.05) is 17.6 Å². The van der Waals surface area contributed by atoms with Gasteiger partial charge in [-0.05, 0) is 56.7 Å². The van der Waals surface area contributed by atoms with Gasteiger partial charge >= 0.3 is 0 Å². The van der Waals surface area contributed by atoms with Crippen molar-refractivity contribution in [2.24, 2.45) is 5.92 Å². The highest BCUT2D eigenvalue weighted by atomic mass is 32.2. The second-order valence-corrected chi connectivity index (χ2v) is 10.1. The fourth-order valence-corrected chi connectivity index (χ4v) is 6.24. The summed E-state index contributed by atoms with van der Waals surface area (Å²) in [6.07, 6.45) is 9.30. The highest BCUT2D eigenvalue weighted by Crippen LogP contribution is 2.38. The van der Waals surface area contributed by atoms with E-state index >= 15 is 0 Å². The smallest absolute Gasteiger partial charge is 0.269 e. The Bertz CT molecular complexity index is 1310. The van der Waals surface area contributed by atoms with Gasteiger partial charge in [-0.25, -0.2) is 22.4 Å². The fraction of sp³-hybridized carbons (Fsp3) is 0.391. The van der Waals surface area contributed by atoms with Gasteiger partial charge < -0.3 is 4.57 Å². The molecule has 1 aromatic carbocycles. The SMILES string of the molecule is CCC1CCC(n2c(C)nc3cnc4c(ccn4S(=O)(=O)c4ccccc4)c32)CC1. The van der Waals surface area contributed by atoms with E-state index in [-0.39, 0.29) is 4.90 Å². The molecule has 156 valence electrons. The van der Waals surface area contributed by atoms with Crippen molar-refractivity contribution in [3.8, 4) is 0 Å². The molecular weight excluding hydrogens is 396 g/mol. The van der Waals surface area contributed by atoms with Crippen molar-refractivity contribution in [3.63, 3.8) is 0 Å². The van der Waals surface area contributed by atoms with Crippen LogP contribution in [0.2, 0.25) is 0 Å². The number of aromatic nitrogens is 4. The minimum absolute atomic E-state index is 0.256. The van der Waals surface area contributed by atoms with E-state index < -0.39 is 10.0 Å². The van der Waals surface area contributed by atoms with Crippen LogP contribution in [-0.2, 0) is 10.0 Å². The Morgan fingerprint density at radius 2 is 1.80 bits per heavy atom. The van der Waals surface area contributed by atoms with Crippen molar-refractivity contribution >= 4 is 32.1 Å².